The Bertz CT molecular complexity index is 587. The van der Waals surface area contributed by atoms with Crippen LogP contribution >= 0.6 is 23.2 Å². The van der Waals surface area contributed by atoms with Crippen LogP contribution in [0.4, 0.5) is 0 Å². The van der Waals surface area contributed by atoms with Crippen LogP contribution in [0, 0.1) is 0 Å². The highest BCUT2D eigenvalue weighted by Gasteiger charge is 2.05. The summed E-state index contributed by atoms with van der Waals surface area (Å²) < 4.78 is 5.75. The first-order chi connectivity index (χ1) is 10.2. The first-order valence-corrected chi connectivity index (χ1v) is 7.81. The van der Waals surface area contributed by atoms with Gasteiger partial charge in [0.05, 0.1) is 5.02 Å². The molecule has 4 heteroatoms. The highest BCUT2D eigenvalue weighted by Crippen LogP contribution is 2.27. The number of benzene rings is 2. The van der Waals surface area contributed by atoms with Crippen molar-refractivity contribution in [1.29, 1.82) is 0 Å². The molecule has 0 radical (unpaired) electrons. The second-order valence-corrected chi connectivity index (χ2v) is 5.64. The number of hydrogen-bond acceptors (Lipinski definition) is 2. The molecule has 0 saturated carbocycles. The summed E-state index contributed by atoms with van der Waals surface area (Å²) in [5.74, 6) is 0.677. The van der Waals surface area contributed by atoms with E-state index in [-0.39, 0.29) is 0 Å². The maximum atomic E-state index is 6.26. The van der Waals surface area contributed by atoms with Gasteiger partial charge < -0.3 is 10.1 Å². The van der Waals surface area contributed by atoms with Gasteiger partial charge in [0, 0.05) is 17.1 Å². The molecule has 21 heavy (non-hydrogen) atoms. The van der Waals surface area contributed by atoms with Crippen LogP contribution in [0.2, 0.25) is 10.0 Å². The second-order valence-electron chi connectivity index (χ2n) is 4.82. The Hall–Kier alpha value is -1.22. The van der Waals surface area contributed by atoms with Crippen LogP contribution in [0.1, 0.15) is 24.5 Å². The van der Waals surface area contributed by atoms with E-state index in [1.54, 1.807) is 0 Å². The monoisotopic (exact) mass is 323 g/mol. The minimum absolute atomic E-state index is 0.410. The normalized spacial score (nSPS) is 10.6. The summed E-state index contributed by atoms with van der Waals surface area (Å²) in [5.41, 5.74) is 2.10. The van der Waals surface area contributed by atoms with Crippen LogP contribution in [0.25, 0.3) is 0 Å². The minimum Gasteiger partial charge on any atom is -0.487 e. The molecule has 0 amide bonds. The lowest BCUT2D eigenvalue weighted by molar-refractivity contribution is 0.306. The van der Waals surface area contributed by atoms with Crippen LogP contribution in [-0.2, 0) is 13.2 Å². The lowest BCUT2D eigenvalue weighted by Crippen LogP contribution is -2.13. The van der Waals surface area contributed by atoms with Crippen LogP contribution in [0.5, 0.6) is 5.75 Å². The maximum Gasteiger partial charge on any atom is 0.138 e. The summed E-state index contributed by atoms with van der Waals surface area (Å²) in [6, 6.07) is 13.5. The molecule has 0 aliphatic heterocycles. The summed E-state index contributed by atoms with van der Waals surface area (Å²) in [7, 11) is 0. The van der Waals surface area contributed by atoms with Crippen molar-refractivity contribution in [3.63, 3.8) is 0 Å². The highest BCUT2D eigenvalue weighted by molar-refractivity contribution is 6.32. The van der Waals surface area contributed by atoms with Crippen molar-refractivity contribution < 1.29 is 4.74 Å². The summed E-state index contributed by atoms with van der Waals surface area (Å²) >= 11 is 12.4. The van der Waals surface area contributed by atoms with E-state index < -0.39 is 0 Å². The summed E-state index contributed by atoms with van der Waals surface area (Å²) in [5, 5.41) is 4.67. The van der Waals surface area contributed by atoms with Crippen molar-refractivity contribution in [3.8, 4) is 5.75 Å². The van der Waals surface area contributed by atoms with Crippen LogP contribution in [0.15, 0.2) is 42.5 Å². The van der Waals surface area contributed by atoms with Crippen molar-refractivity contribution in [2.24, 2.45) is 0 Å². The van der Waals surface area contributed by atoms with Gasteiger partial charge in [-0.2, -0.15) is 0 Å². The SMILES string of the molecule is CCCNCc1ccc(OCc2ccccc2Cl)c(Cl)c1. The molecule has 0 saturated heterocycles. The Balaban J connectivity index is 1.96. The lowest BCUT2D eigenvalue weighted by atomic mass is 10.2. The standard InChI is InChI=1S/C17H19Cl2NO/c1-2-9-20-11-13-7-8-17(16(19)10-13)21-12-14-5-3-4-6-15(14)18/h3-8,10,20H,2,9,11-12H2,1H3. The Kier molecular flexibility index (Phi) is 6.37. The number of nitrogens with one attached hydrogen (secondary N) is 1. The van der Waals surface area contributed by atoms with Gasteiger partial charge in [0.25, 0.3) is 0 Å². The van der Waals surface area contributed by atoms with E-state index in [0.29, 0.717) is 22.4 Å². The predicted octanol–water partition coefficient (Wildman–Crippen LogP) is 5.07. The fraction of sp³-hybridized carbons (Fsp3) is 0.294. The summed E-state index contributed by atoms with van der Waals surface area (Å²) in [6.07, 6.45) is 1.12. The molecule has 0 aliphatic rings. The van der Waals surface area contributed by atoms with E-state index in [2.05, 4.69) is 12.2 Å². The van der Waals surface area contributed by atoms with Gasteiger partial charge in [0.15, 0.2) is 0 Å². The van der Waals surface area contributed by atoms with E-state index in [4.69, 9.17) is 27.9 Å². The van der Waals surface area contributed by atoms with E-state index in [0.717, 1.165) is 30.6 Å². The van der Waals surface area contributed by atoms with Crippen LogP contribution < -0.4 is 10.1 Å². The van der Waals surface area contributed by atoms with Gasteiger partial charge in [0.2, 0.25) is 0 Å². The lowest BCUT2D eigenvalue weighted by Gasteiger charge is -2.11. The highest BCUT2D eigenvalue weighted by atomic mass is 35.5. The van der Waals surface area contributed by atoms with Gasteiger partial charge in [-0.15, -0.1) is 0 Å². The molecule has 0 heterocycles. The van der Waals surface area contributed by atoms with Crippen LogP contribution in [0.3, 0.4) is 0 Å². The average Bonchev–Trinajstić information content (AvgIpc) is 2.48. The third-order valence-electron chi connectivity index (χ3n) is 3.09. The number of halogens is 2. The third-order valence-corrected chi connectivity index (χ3v) is 3.76. The van der Waals surface area contributed by atoms with Crippen molar-refractivity contribution >= 4 is 23.2 Å². The molecule has 0 spiro atoms. The molecular weight excluding hydrogens is 305 g/mol. The minimum atomic E-state index is 0.410. The van der Waals surface area contributed by atoms with Crippen molar-refractivity contribution in [2.45, 2.75) is 26.5 Å². The van der Waals surface area contributed by atoms with Gasteiger partial charge in [-0.3, -0.25) is 0 Å². The molecule has 1 N–H and O–H groups in total. The van der Waals surface area contributed by atoms with Gasteiger partial charge in [-0.05, 0) is 36.7 Å². The summed E-state index contributed by atoms with van der Waals surface area (Å²) in [4.78, 5) is 0. The van der Waals surface area contributed by atoms with Crippen molar-refractivity contribution in [3.05, 3.63) is 63.6 Å². The zero-order valence-corrected chi connectivity index (χ0v) is 13.5. The van der Waals surface area contributed by atoms with Gasteiger partial charge >= 0.3 is 0 Å². The Morgan fingerprint density at radius 2 is 1.86 bits per heavy atom. The van der Waals surface area contributed by atoms with E-state index >= 15 is 0 Å². The topological polar surface area (TPSA) is 21.3 Å². The molecule has 2 aromatic rings. The molecule has 112 valence electrons. The fourth-order valence-corrected chi connectivity index (χ4v) is 2.40. The molecule has 2 aromatic carbocycles. The number of ether oxygens (including phenoxy) is 1. The smallest absolute Gasteiger partial charge is 0.138 e. The fourth-order valence-electron chi connectivity index (χ4n) is 1.95. The van der Waals surface area contributed by atoms with Crippen molar-refractivity contribution in [2.75, 3.05) is 6.54 Å². The van der Waals surface area contributed by atoms with Crippen LogP contribution in [-0.4, -0.2) is 6.54 Å². The molecule has 0 fully saturated rings. The molecule has 0 unspecified atom stereocenters. The Morgan fingerprint density at radius 3 is 2.57 bits per heavy atom. The first kappa shape index (κ1) is 16.2. The summed E-state index contributed by atoms with van der Waals surface area (Å²) in [6.45, 7) is 4.37. The zero-order valence-electron chi connectivity index (χ0n) is 12.0. The van der Waals surface area contributed by atoms with Gasteiger partial charge in [-0.1, -0.05) is 54.4 Å². The first-order valence-electron chi connectivity index (χ1n) is 7.06. The third kappa shape index (κ3) is 4.92. The molecule has 2 rings (SSSR count). The van der Waals surface area contributed by atoms with Gasteiger partial charge in [0.1, 0.15) is 12.4 Å². The van der Waals surface area contributed by atoms with Gasteiger partial charge in [-0.25, -0.2) is 0 Å². The number of hydrogen-bond donors (Lipinski definition) is 1. The molecule has 2 nitrogen and oxygen atoms in total. The van der Waals surface area contributed by atoms with Crippen molar-refractivity contribution in [1.82, 2.24) is 5.32 Å². The van der Waals surface area contributed by atoms with E-state index in [1.165, 1.54) is 0 Å². The average molecular weight is 324 g/mol. The quantitative estimate of drug-likeness (QED) is 0.718. The maximum absolute atomic E-state index is 6.26. The largest absolute Gasteiger partial charge is 0.487 e. The number of rotatable bonds is 7. The second kappa shape index (κ2) is 8.28. The Morgan fingerprint density at radius 1 is 1.05 bits per heavy atom. The van der Waals surface area contributed by atoms with E-state index in [1.807, 2.05) is 42.5 Å². The molecule has 0 aliphatic carbocycles. The molecular formula is C17H19Cl2NO. The molecule has 0 aromatic heterocycles. The Labute approximate surface area is 136 Å². The molecule has 0 bridgehead atoms. The van der Waals surface area contributed by atoms with E-state index in [9.17, 15) is 0 Å². The predicted molar refractivity (Wildman–Crippen MR) is 89.2 cm³/mol. The molecule has 0 atom stereocenters. The zero-order chi connectivity index (χ0) is 15.1.